The first kappa shape index (κ1) is 22.9. The summed E-state index contributed by atoms with van der Waals surface area (Å²) in [5, 5.41) is 0. The number of carbonyl (C=O) groups is 1. The zero-order valence-corrected chi connectivity index (χ0v) is 17.3. The van der Waals surface area contributed by atoms with E-state index in [0.717, 1.165) is 22.5 Å². The molecule has 0 atom stereocenters. The summed E-state index contributed by atoms with van der Waals surface area (Å²) in [7, 11) is -2.79. The number of carbonyl (C=O) groups excluding carboxylic acids is 1. The van der Waals surface area contributed by atoms with Gasteiger partial charge in [0.05, 0.1) is 17.6 Å². The highest BCUT2D eigenvalue weighted by Gasteiger charge is 2.42. The molecule has 1 aliphatic carbocycles. The quantitative estimate of drug-likeness (QED) is 0.684. The summed E-state index contributed by atoms with van der Waals surface area (Å²) >= 11 is 0. The van der Waals surface area contributed by atoms with Gasteiger partial charge in [0, 0.05) is 25.4 Å². The van der Waals surface area contributed by atoms with Gasteiger partial charge in [-0.15, -0.1) is 0 Å². The minimum Gasteiger partial charge on any atom is -0.497 e. The van der Waals surface area contributed by atoms with Crippen molar-refractivity contribution in [1.82, 2.24) is 4.31 Å². The summed E-state index contributed by atoms with van der Waals surface area (Å²) < 4.78 is 77.0. The van der Waals surface area contributed by atoms with Gasteiger partial charge >= 0.3 is 12.3 Å². The molecule has 0 bridgehead atoms. The molecule has 0 aromatic heterocycles. The molecule has 3 rings (SSSR count). The van der Waals surface area contributed by atoms with E-state index in [0.29, 0.717) is 17.4 Å². The van der Waals surface area contributed by atoms with Crippen molar-refractivity contribution in [3.8, 4) is 5.75 Å². The Kier molecular flexibility index (Phi) is 6.46. The number of ether oxygens (including phenoxy) is 2. The fourth-order valence-electron chi connectivity index (χ4n) is 3.32. The monoisotopic (exact) mass is 458 g/mol. The van der Waals surface area contributed by atoms with Crippen molar-refractivity contribution in [3.05, 3.63) is 59.7 Å². The van der Waals surface area contributed by atoms with Gasteiger partial charge in [0.15, 0.2) is 0 Å². The lowest BCUT2D eigenvalue weighted by molar-refractivity contribution is -0.137. The van der Waals surface area contributed by atoms with E-state index >= 15 is 0 Å². The van der Waals surface area contributed by atoms with Crippen molar-refractivity contribution in [2.45, 2.75) is 42.6 Å². The van der Waals surface area contributed by atoms with Crippen LogP contribution < -0.4 is 10.5 Å². The SMILES string of the molecule is COc1ccc(CN(C2CC(OC(N)=O)C2)S(=O)(=O)c2cccc(C(F)(F)F)c2)cc1. The number of rotatable bonds is 7. The Hall–Kier alpha value is -2.79. The zero-order chi connectivity index (χ0) is 22.8. The summed E-state index contributed by atoms with van der Waals surface area (Å²) in [6.07, 6.45) is -5.80. The Labute approximate surface area is 177 Å². The maximum absolute atomic E-state index is 13.3. The Morgan fingerprint density at radius 2 is 1.81 bits per heavy atom. The number of methoxy groups -OCH3 is 1. The fraction of sp³-hybridized carbons (Fsp3) is 0.350. The average molecular weight is 458 g/mol. The van der Waals surface area contributed by atoms with Crippen LogP contribution in [-0.4, -0.2) is 38.1 Å². The molecule has 31 heavy (non-hydrogen) atoms. The number of hydrogen-bond acceptors (Lipinski definition) is 5. The average Bonchev–Trinajstić information content (AvgIpc) is 2.68. The molecule has 2 aromatic carbocycles. The normalized spacial score (nSPS) is 19.0. The van der Waals surface area contributed by atoms with E-state index < -0.39 is 44.9 Å². The summed E-state index contributed by atoms with van der Waals surface area (Å²) in [6, 6.07) is 9.70. The minimum atomic E-state index is -4.68. The van der Waals surface area contributed by atoms with E-state index in [2.05, 4.69) is 0 Å². The molecule has 1 aliphatic rings. The second-order valence-electron chi connectivity index (χ2n) is 7.11. The lowest BCUT2D eigenvalue weighted by Gasteiger charge is -2.41. The molecule has 1 saturated carbocycles. The van der Waals surface area contributed by atoms with Gasteiger partial charge in [-0.05, 0) is 35.9 Å². The predicted octanol–water partition coefficient (Wildman–Crippen LogP) is 3.53. The fourth-order valence-corrected chi connectivity index (χ4v) is 5.00. The maximum atomic E-state index is 13.3. The molecule has 0 aliphatic heterocycles. The number of sulfonamides is 1. The molecule has 2 aromatic rings. The first-order valence-electron chi connectivity index (χ1n) is 9.29. The van der Waals surface area contributed by atoms with Crippen molar-refractivity contribution in [3.63, 3.8) is 0 Å². The van der Waals surface area contributed by atoms with Gasteiger partial charge in [-0.3, -0.25) is 0 Å². The standard InChI is InChI=1S/C20H21F3N2O5S/c1-29-16-7-5-13(6-8-16)12-25(15-10-17(11-15)30-19(24)26)31(27,28)18-4-2-3-14(9-18)20(21,22)23/h2-9,15,17H,10-12H2,1H3,(H2,24,26). The van der Waals surface area contributed by atoms with Crippen LogP contribution in [0.4, 0.5) is 18.0 Å². The third kappa shape index (κ3) is 5.28. The highest BCUT2D eigenvalue weighted by atomic mass is 32.2. The highest BCUT2D eigenvalue weighted by Crippen LogP contribution is 2.36. The van der Waals surface area contributed by atoms with Crippen LogP contribution in [0.1, 0.15) is 24.0 Å². The molecule has 11 heteroatoms. The maximum Gasteiger partial charge on any atom is 0.416 e. The van der Waals surface area contributed by atoms with Gasteiger partial charge in [-0.25, -0.2) is 13.2 Å². The Morgan fingerprint density at radius 1 is 1.16 bits per heavy atom. The number of nitrogens with zero attached hydrogens (tertiary/aromatic N) is 1. The second-order valence-corrected chi connectivity index (χ2v) is 9.00. The van der Waals surface area contributed by atoms with Crippen molar-refractivity contribution < 1.29 is 35.9 Å². The molecule has 0 unspecified atom stereocenters. The predicted molar refractivity (Wildman–Crippen MR) is 105 cm³/mol. The Morgan fingerprint density at radius 3 is 2.35 bits per heavy atom. The Bertz CT molecular complexity index is 1040. The number of amides is 1. The van der Waals surface area contributed by atoms with Crippen LogP contribution in [0.2, 0.25) is 0 Å². The highest BCUT2D eigenvalue weighted by molar-refractivity contribution is 7.89. The van der Waals surface area contributed by atoms with Crippen LogP contribution in [0, 0.1) is 0 Å². The van der Waals surface area contributed by atoms with E-state index in [9.17, 15) is 26.4 Å². The third-order valence-electron chi connectivity index (χ3n) is 5.03. The van der Waals surface area contributed by atoms with Crippen LogP contribution in [0.3, 0.4) is 0 Å². The van der Waals surface area contributed by atoms with Crippen molar-refractivity contribution in [2.24, 2.45) is 5.73 Å². The number of benzene rings is 2. The van der Waals surface area contributed by atoms with Crippen molar-refractivity contribution >= 4 is 16.1 Å². The van der Waals surface area contributed by atoms with E-state index in [4.69, 9.17) is 15.2 Å². The first-order valence-corrected chi connectivity index (χ1v) is 10.7. The number of alkyl halides is 3. The van der Waals surface area contributed by atoms with E-state index in [1.54, 1.807) is 24.3 Å². The topological polar surface area (TPSA) is 98.9 Å². The smallest absolute Gasteiger partial charge is 0.416 e. The molecule has 0 saturated heterocycles. The van der Waals surface area contributed by atoms with Crippen LogP contribution in [-0.2, 0) is 27.5 Å². The van der Waals surface area contributed by atoms with Gasteiger partial charge in [-0.1, -0.05) is 18.2 Å². The summed E-state index contributed by atoms with van der Waals surface area (Å²) in [6.45, 7) is -0.0729. The van der Waals surface area contributed by atoms with Gasteiger partial charge in [0.1, 0.15) is 11.9 Å². The van der Waals surface area contributed by atoms with Crippen LogP contribution >= 0.6 is 0 Å². The Balaban J connectivity index is 1.92. The van der Waals surface area contributed by atoms with Crippen LogP contribution in [0.5, 0.6) is 5.75 Å². The number of halogens is 3. The van der Waals surface area contributed by atoms with Gasteiger partial charge in [0.2, 0.25) is 10.0 Å². The first-order chi connectivity index (χ1) is 14.5. The second kappa shape index (κ2) is 8.75. The van der Waals surface area contributed by atoms with E-state index in [1.165, 1.54) is 7.11 Å². The lowest BCUT2D eigenvalue weighted by Crippen LogP contribution is -2.51. The molecule has 1 fully saturated rings. The summed E-state index contributed by atoms with van der Waals surface area (Å²) in [5.41, 5.74) is 4.56. The van der Waals surface area contributed by atoms with Crippen LogP contribution in [0.25, 0.3) is 0 Å². The number of hydrogen-bond donors (Lipinski definition) is 1. The molecule has 0 spiro atoms. The van der Waals surface area contributed by atoms with Crippen LogP contribution in [0.15, 0.2) is 53.4 Å². The molecular weight excluding hydrogens is 437 g/mol. The van der Waals surface area contributed by atoms with Crippen molar-refractivity contribution in [2.75, 3.05) is 7.11 Å². The minimum absolute atomic E-state index is 0.0729. The third-order valence-corrected chi connectivity index (χ3v) is 6.92. The number of nitrogens with two attached hydrogens (primary N) is 1. The molecule has 0 heterocycles. The molecule has 0 radical (unpaired) electrons. The van der Waals surface area contributed by atoms with Gasteiger partial charge in [0.25, 0.3) is 0 Å². The number of primary amides is 1. The molecular formula is C20H21F3N2O5S. The van der Waals surface area contributed by atoms with Gasteiger partial charge in [-0.2, -0.15) is 17.5 Å². The van der Waals surface area contributed by atoms with E-state index in [1.807, 2.05) is 0 Å². The van der Waals surface area contributed by atoms with Gasteiger partial charge < -0.3 is 15.2 Å². The molecule has 168 valence electrons. The summed E-state index contributed by atoms with van der Waals surface area (Å²) in [4.78, 5) is 10.5. The summed E-state index contributed by atoms with van der Waals surface area (Å²) in [5.74, 6) is 0.578. The largest absolute Gasteiger partial charge is 0.497 e. The zero-order valence-electron chi connectivity index (χ0n) is 16.5. The lowest BCUT2D eigenvalue weighted by atomic mass is 9.89. The molecule has 7 nitrogen and oxygen atoms in total. The van der Waals surface area contributed by atoms with Crippen molar-refractivity contribution in [1.29, 1.82) is 0 Å². The van der Waals surface area contributed by atoms with E-state index in [-0.39, 0.29) is 19.4 Å². The molecule has 2 N–H and O–H groups in total. The molecule has 1 amide bonds.